The molecule has 0 aliphatic rings. The van der Waals surface area contributed by atoms with Crippen LogP contribution in [0.5, 0.6) is 0 Å². The second-order valence-corrected chi connectivity index (χ2v) is 5.41. The molecule has 0 fully saturated rings. The van der Waals surface area contributed by atoms with Crippen molar-refractivity contribution in [1.82, 2.24) is 0 Å². The lowest BCUT2D eigenvalue weighted by Crippen LogP contribution is -2.13. The van der Waals surface area contributed by atoms with Crippen molar-refractivity contribution < 1.29 is 9.72 Å². The molecule has 126 valence electrons. The maximum absolute atomic E-state index is 12.0. The van der Waals surface area contributed by atoms with E-state index in [1.165, 1.54) is 11.6 Å². The first-order valence-corrected chi connectivity index (χ1v) is 7.96. The van der Waals surface area contributed by atoms with Crippen molar-refractivity contribution in [3.63, 3.8) is 0 Å². The summed E-state index contributed by atoms with van der Waals surface area (Å²) in [5, 5.41) is 16.8. The van der Waals surface area contributed by atoms with Crippen LogP contribution in [0.1, 0.15) is 25.3 Å². The van der Waals surface area contributed by atoms with Crippen LogP contribution in [0.3, 0.4) is 0 Å². The van der Waals surface area contributed by atoms with Crippen LogP contribution in [0.25, 0.3) is 0 Å². The number of hydrogen-bond donors (Lipinski definition) is 2. The fourth-order valence-electron chi connectivity index (χ4n) is 2.35. The lowest BCUT2D eigenvalue weighted by molar-refractivity contribution is -0.384. The first-order valence-electron chi connectivity index (χ1n) is 7.96. The van der Waals surface area contributed by atoms with E-state index >= 15 is 0 Å². The minimum Gasteiger partial charge on any atom is -0.379 e. The predicted octanol–water partition coefficient (Wildman–Crippen LogP) is 3.99. The van der Waals surface area contributed by atoms with E-state index < -0.39 is 4.92 Å². The number of rotatable bonds is 8. The molecule has 0 spiro atoms. The second-order valence-electron chi connectivity index (χ2n) is 5.41. The van der Waals surface area contributed by atoms with Gasteiger partial charge in [-0.15, -0.1) is 0 Å². The van der Waals surface area contributed by atoms with Gasteiger partial charge in [0.1, 0.15) is 5.69 Å². The zero-order valence-electron chi connectivity index (χ0n) is 13.6. The fraction of sp³-hybridized carbons (Fsp3) is 0.278. The van der Waals surface area contributed by atoms with Crippen LogP contribution in [-0.2, 0) is 11.2 Å². The number of carbonyl (C=O) groups is 1. The van der Waals surface area contributed by atoms with Crippen molar-refractivity contribution in [1.29, 1.82) is 0 Å². The monoisotopic (exact) mass is 327 g/mol. The molecule has 6 heteroatoms. The van der Waals surface area contributed by atoms with Gasteiger partial charge in [-0.3, -0.25) is 14.9 Å². The molecule has 0 saturated heterocycles. The van der Waals surface area contributed by atoms with E-state index in [4.69, 9.17) is 0 Å². The average molecular weight is 327 g/mol. The number of nitro benzene ring substituents is 1. The summed E-state index contributed by atoms with van der Waals surface area (Å²) < 4.78 is 0. The fourth-order valence-corrected chi connectivity index (χ4v) is 2.35. The number of nitrogens with one attached hydrogen (secondary N) is 2. The zero-order valence-corrected chi connectivity index (χ0v) is 13.6. The van der Waals surface area contributed by atoms with Gasteiger partial charge in [-0.05, 0) is 36.6 Å². The number of aryl methyl sites for hydroxylation is 1. The van der Waals surface area contributed by atoms with E-state index in [1.54, 1.807) is 18.2 Å². The number of benzene rings is 2. The second kappa shape index (κ2) is 8.67. The minimum atomic E-state index is -0.421. The molecule has 2 aromatic rings. The highest BCUT2D eigenvalue weighted by Gasteiger charge is 2.11. The Balaban J connectivity index is 1.78. The molecule has 0 radical (unpaired) electrons. The summed E-state index contributed by atoms with van der Waals surface area (Å²) >= 11 is 0. The molecule has 2 rings (SSSR count). The Labute approximate surface area is 141 Å². The highest BCUT2D eigenvalue weighted by Crippen LogP contribution is 2.23. The number of hydrogen-bond acceptors (Lipinski definition) is 4. The van der Waals surface area contributed by atoms with E-state index in [0.717, 1.165) is 12.1 Å². The number of nitrogens with zero attached hydrogens (tertiary/aromatic N) is 1. The van der Waals surface area contributed by atoms with Crippen LogP contribution in [0.2, 0.25) is 0 Å². The highest BCUT2D eigenvalue weighted by molar-refractivity contribution is 5.90. The molecule has 0 unspecified atom stereocenters. The van der Waals surface area contributed by atoms with Gasteiger partial charge in [-0.1, -0.05) is 31.2 Å². The molecule has 0 bridgehead atoms. The molecule has 6 nitrogen and oxygen atoms in total. The lowest BCUT2D eigenvalue weighted by Gasteiger charge is -2.08. The van der Waals surface area contributed by atoms with Crippen LogP contribution < -0.4 is 10.6 Å². The molecule has 2 N–H and O–H groups in total. The Morgan fingerprint density at radius 3 is 2.71 bits per heavy atom. The number of anilines is 2. The van der Waals surface area contributed by atoms with Crippen molar-refractivity contribution in [2.45, 2.75) is 26.2 Å². The molecule has 0 aliphatic carbocycles. The highest BCUT2D eigenvalue weighted by atomic mass is 16.6. The maximum Gasteiger partial charge on any atom is 0.292 e. The third kappa shape index (κ3) is 5.08. The molecular formula is C18H21N3O3. The van der Waals surface area contributed by atoms with Crippen molar-refractivity contribution in [2.75, 3.05) is 17.2 Å². The van der Waals surface area contributed by atoms with Gasteiger partial charge in [0, 0.05) is 24.7 Å². The normalized spacial score (nSPS) is 10.2. The van der Waals surface area contributed by atoms with E-state index in [1.807, 2.05) is 24.3 Å². The Morgan fingerprint density at radius 1 is 1.17 bits per heavy atom. The van der Waals surface area contributed by atoms with Gasteiger partial charge in [-0.25, -0.2) is 0 Å². The van der Waals surface area contributed by atoms with Gasteiger partial charge >= 0.3 is 0 Å². The van der Waals surface area contributed by atoms with E-state index in [0.29, 0.717) is 25.1 Å². The maximum atomic E-state index is 12.0. The molecule has 0 heterocycles. The number of amides is 1. The number of carbonyl (C=O) groups excluding carboxylic acids is 1. The summed E-state index contributed by atoms with van der Waals surface area (Å²) in [6.45, 7) is 2.56. The quantitative estimate of drug-likeness (QED) is 0.436. The molecule has 0 saturated carbocycles. The van der Waals surface area contributed by atoms with Crippen molar-refractivity contribution in [3.05, 3.63) is 64.2 Å². The summed E-state index contributed by atoms with van der Waals surface area (Å²) in [6.07, 6.45) is 1.86. The summed E-state index contributed by atoms with van der Waals surface area (Å²) in [5.74, 6) is -0.0624. The van der Waals surface area contributed by atoms with Crippen molar-refractivity contribution in [2.24, 2.45) is 0 Å². The van der Waals surface area contributed by atoms with Crippen LogP contribution in [-0.4, -0.2) is 17.4 Å². The minimum absolute atomic E-state index is 0.0401. The zero-order chi connectivity index (χ0) is 17.4. The molecule has 0 aliphatic heterocycles. The van der Waals surface area contributed by atoms with Crippen molar-refractivity contribution >= 4 is 23.0 Å². The SMILES string of the molecule is CCc1cccc(NC(=O)CCCNc2ccccc2[N+](=O)[O-])c1. The van der Waals surface area contributed by atoms with Gasteiger partial charge < -0.3 is 10.6 Å². The summed E-state index contributed by atoms with van der Waals surface area (Å²) in [5.41, 5.74) is 2.48. The average Bonchev–Trinajstić information content (AvgIpc) is 2.59. The topological polar surface area (TPSA) is 84.3 Å². The molecule has 0 aromatic heterocycles. The van der Waals surface area contributed by atoms with Gasteiger partial charge in [0.25, 0.3) is 5.69 Å². The van der Waals surface area contributed by atoms with Gasteiger partial charge in [0.2, 0.25) is 5.91 Å². The summed E-state index contributed by atoms with van der Waals surface area (Å²) in [7, 11) is 0. The third-order valence-electron chi connectivity index (χ3n) is 3.62. The van der Waals surface area contributed by atoms with E-state index in [-0.39, 0.29) is 11.6 Å². The number of para-hydroxylation sites is 2. The Bertz CT molecular complexity index is 716. The van der Waals surface area contributed by atoms with Crippen LogP contribution in [0, 0.1) is 10.1 Å². The van der Waals surface area contributed by atoms with Gasteiger partial charge in [0.05, 0.1) is 4.92 Å². The first kappa shape index (κ1) is 17.5. The lowest BCUT2D eigenvalue weighted by atomic mass is 10.1. The molecule has 2 aromatic carbocycles. The standard InChI is InChI=1S/C18H21N3O3/c1-2-14-7-5-8-15(13-14)20-18(22)11-6-12-19-16-9-3-4-10-17(16)21(23)24/h3-5,7-10,13,19H,2,6,11-12H2,1H3,(H,20,22). The van der Waals surface area contributed by atoms with Crippen molar-refractivity contribution in [3.8, 4) is 0 Å². The number of nitro groups is 1. The van der Waals surface area contributed by atoms with Gasteiger partial charge in [-0.2, -0.15) is 0 Å². The predicted molar refractivity (Wildman–Crippen MR) is 95.3 cm³/mol. The summed E-state index contributed by atoms with van der Waals surface area (Å²) in [6, 6.07) is 14.2. The van der Waals surface area contributed by atoms with Crippen LogP contribution in [0.4, 0.5) is 17.1 Å². The molecule has 1 amide bonds. The Morgan fingerprint density at radius 2 is 1.96 bits per heavy atom. The van der Waals surface area contributed by atoms with E-state index in [9.17, 15) is 14.9 Å². The van der Waals surface area contributed by atoms with Crippen LogP contribution in [0.15, 0.2) is 48.5 Å². The van der Waals surface area contributed by atoms with Gasteiger partial charge in [0.15, 0.2) is 0 Å². The first-order chi connectivity index (χ1) is 11.6. The molecule has 0 atom stereocenters. The van der Waals surface area contributed by atoms with E-state index in [2.05, 4.69) is 17.6 Å². The van der Waals surface area contributed by atoms with Crippen LogP contribution >= 0.6 is 0 Å². The Kier molecular flexibility index (Phi) is 6.31. The largest absolute Gasteiger partial charge is 0.379 e. The smallest absolute Gasteiger partial charge is 0.292 e. The Hall–Kier alpha value is -2.89. The third-order valence-corrected chi connectivity index (χ3v) is 3.62. The molecule has 24 heavy (non-hydrogen) atoms. The molecular weight excluding hydrogens is 306 g/mol. The summed E-state index contributed by atoms with van der Waals surface area (Å²) in [4.78, 5) is 22.5.